The largest absolute Gasteiger partial charge is 0.321 e. The molecule has 2 aromatic carbocycles. The maximum Gasteiger partial charge on any atom is 0.0450 e. The lowest BCUT2D eigenvalue weighted by Crippen LogP contribution is -2.39. The molecule has 0 saturated carbocycles. The first kappa shape index (κ1) is 12.8. The van der Waals surface area contributed by atoms with Gasteiger partial charge >= 0.3 is 0 Å². The van der Waals surface area contributed by atoms with Crippen LogP contribution in [0.25, 0.3) is 0 Å². The summed E-state index contributed by atoms with van der Waals surface area (Å²) in [4.78, 5) is 0. The van der Waals surface area contributed by atoms with Gasteiger partial charge in [0.15, 0.2) is 0 Å². The third-order valence-corrected chi connectivity index (χ3v) is 3.73. The van der Waals surface area contributed by atoms with Crippen LogP contribution >= 0.6 is 0 Å². The lowest BCUT2D eigenvalue weighted by atomic mass is 9.75. The minimum Gasteiger partial charge on any atom is -0.321 e. The van der Waals surface area contributed by atoms with Gasteiger partial charge in [-0.05, 0) is 24.5 Å². The summed E-state index contributed by atoms with van der Waals surface area (Å²) in [6, 6.07) is 20.9. The molecule has 1 nitrogen and oxygen atoms in total. The summed E-state index contributed by atoms with van der Waals surface area (Å²) in [5.41, 5.74) is 8.80. The van der Waals surface area contributed by atoms with Crippen molar-refractivity contribution in [2.24, 2.45) is 5.73 Å². The number of nitrogens with two attached hydrogens (primary N) is 1. The van der Waals surface area contributed by atoms with Gasteiger partial charge in [0.1, 0.15) is 0 Å². The predicted octanol–water partition coefficient (Wildman–Crippen LogP) is 4.05. The summed E-state index contributed by atoms with van der Waals surface area (Å²) >= 11 is 0. The second-order valence-electron chi connectivity index (χ2n) is 5.02. The predicted molar refractivity (Wildman–Crippen MR) is 77.5 cm³/mol. The Labute approximate surface area is 110 Å². The van der Waals surface area contributed by atoms with Crippen molar-refractivity contribution in [1.82, 2.24) is 0 Å². The highest BCUT2D eigenvalue weighted by Crippen LogP contribution is 2.36. The fraction of sp³-hybridized carbons (Fsp3) is 0.294. The molecule has 0 aliphatic carbocycles. The van der Waals surface area contributed by atoms with Gasteiger partial charge in [0.25, 0.3) is 0 Å². The minimum absolute atomic E-state index is 0.334. The Hall–Kier alpha value is -1.60. The van der Waals surface area contributed by atoms with Crippen LogP contribution in [-0.2, 0) is 5.54 Å². The average molecular weight is 239 g/mol. The molecule has 0 saturated heterocycles. The molecule has 94 valence electrons. The van der Waals surface area contributed by atoms with E-state index >= 15 is 0 Å². The first-order chi connectivity index (χ1) is 8.66. The zero-order chi connectivity index (χ0) is 13.0. The Morgan fingerprint density at radius 2 is 1.44 bits per heavy atom. The number of benzene rings is 2. The van der Waals surface area contributed by atoms with Crippen molar-refractivity contribution in [2.45, 2.75) is 31.7 Å². The molecule has 0 amide bonds. The van der Waals surface area contributed by atoms with Gasteiger partial charge in [-0.2, -0.15) is 0 Å². The second-order valence-corrected chi connectivity index (χ2v) is 5.02. The van der Waals surface area contributed by atoms with E-state index in [2.05, 4.69) is 62.4 Å². The zero-order valence-corrected chi connectivity index (χ0v) is 11.1. The molecule has 0 spiro atoms. The van der Waals surface area contributed by atoms with Crippen LogP contribution in [0.5, 0.6) is 0 Å². The van der Waals surface area contributed by atoms with Gasteiger partial charge < -0.3 is 5.73 Å². The number of rotatable bonds is 4. The zero-order valence-electron chi connectivity index (χ0n) is 11.1. The standard InChI is InChI=1S/C17H21N/c1-3-16(14-10-6-4-7-11-14)17(2,18)15-12-8-5-9-13-15/h4-13,16H,3,18H2,1-2H3. The van der Waals surface area contributed by atoms with Gasteiger partial charge in [-0.15, -0.1) is 0 Å². The van der Waals surface area contributed by atoms with E-state index in [1.54, 1.807) is 0 Å². The molecule has 2 rings (SSSR count). The summed E-state index contributed by atoms with van der Waals surface area (Å²) in [5, 5.41) is 0. The Kier molecular flexibility index (Phi) is 3.83. The molecule has 2 N–H and O–H groups in total. The average Bonchev–Trinajstić information content (AvgIpc) is 2.41. The van der Waals surface area contributed by atoms with Crippen LogP contribution in [-0.4, -0.2) is 0 Å². The van der Waals surface area contributed by atoms with E-state index < -0.39 is 0 Å². The highest BCUT2D eigenvalue weighted by Gasteiger charge is 2.31. The molecular formula is C17H21N. The quantitative estimate of drug-likeness (QED) is 0.855. The topological polar surface area (TPSA) is 26.0 Å². The molecule has 2 atom stereocenters. The van der Waals surface area contributed by atoms with E-state index in [1.807, 2.05) is 12.1 Å². The van der Waals surface area contributed by atoms with Crippen LogP contribution in [0, 0.1) is 0 Å². The monoisotopic (exact) mass is 239 g/mol. The molecule has 0 aromatic heterocycles. The van der Waals surface area contributed by atoms with Gasteiger partial charge in [0, 0.05) is 11.5 Å². The number of hydrogen-bond donors (Lipinski definition) is 1. The summed E-state index contributed by atoms with van der Waals surface area (Å²) in [7, 11) is 0. The molecule has 0 fully saturated rings. The molecular weight excluding hydrogens is 218 g/mol. The van der Waals surface area contributed by atoms with Crippen molar-refractivity contribution in [2.75, 3.05) is 0 Å². The molecule has 0 bridgehead atoms. The SMILES string of the molecule is CCC(c1ccccc1)C(C)(N)c1ccccc1. The summed E-state index contributed by atoms with van der Waals surface area (Å²) in [6.45, 7) is 4.33. The van der Waals surface area contributed by atoms with Crippen LogP contribution < -0.4 is 5.73 Å². The summed E-state index contributed by atoms with van der Waals surface area (Å²) in [6.07, 6.45) is 1.03. The van der Waals surface area contributed by atoms with Gasteiger partial charge in [0.05, 0.1) is 0 Å². The third kappa shape index (κ3) is 2.46. The first-order valence-corrected chi connectivity index (χ1v) is 6.55. The van der Waals surface area contributed by atoms with Crippen molar-refractivity contribution in [1.29, 1.82) is 0 Å². The molecule has 2 unspecified atom stereocenters. The minimum atomic E-state index is -0.336. The summed E-state index contributed by atoms with van der Waals surface area (Å²) < 4.78 is 0. The van der Waals surface area contributed by atoms with Crippen LogP contribution in [0.15, 0.2) is 60.7 Å². The van der Waals surface area contributed by atoms with E-state index in [4.69, 9.17) is 5.73 Å². The Morgan fingerprint density at radius 1 is 0.944 bits per heavy atom. The third-order valence-electron chi connectivity index (χ3n) is 3.73. The molecule has 0 heterocycles. The Bertz CT molecular complexity index is 473. The van der Waals surface area contributed by atoms with Crippen molar-refractivity contribution < 1.29 is 0 Å². The maximum atomic E-state index is 6.62. The van der Waals surface area contributed by atoms with E-state index in [-0.39, 0.29) is 5.54 Å². The highest BCUT2D eigenvalue weighted by molar-refractivity contribution is 5.31. The van der Waals surface area contributed by atoms with E-state index in [0.717, 1.165) is 6.42 Å². The van der Waals surface area contributed by atoms with Crippen molar-refractivity contribution >= 4 is 0 Å². The van der Waals surface area contributed by atoms with Crippen LogP contribution in [0.2, 0.25) is 0 Å². The van der Waals surface area contributed by atoms with E-state index in [0.29, 0.717) is 5.92 Å². The highest BCUT2D eigenvalue weighted by atomic mass is 14.7. The Balaban J connectivity index is 2.38. The summed E-state index contributed by atoms with van der Waals surface area (Å²) in [5.74, 6) is 0.334. The van der Waals surface area contributed by atoms with Crippen LogP contribution in [0.1, 0.15) is 37.3 Å². The molecule has 2 aromatic rings. The number of hydrogen-bond acceptors (Lipinski definition) is 1. The smallest absolute Gasteiger partial charge is 0.0450 e. The lowest BCUT2D eigenvalue weighted by molar-refractivity contribution is 0.379. The molecule has 1 heteroatoms. The first-order valence-electron chi connectivity index (χ1n) is 6.55. The maximum absolute atomic E-state index is 6.62. The van der Waals surface area contributed by atoms with Gasteiger partial charge in [0.2, 0.25) is 0 Å². The Morgan fingerprint density at radius 3 is 1.94 bits per heavy atom. The molecule has 0 aliphatic heterocycles. The van der Waals surface area contributed by atoms with Gasteiger partial charge in [-0.3, -0.25) is 0 Å². The molecule has 18 heavy (non-hydrogen) atoms. The molecule has 0 aliphatic rings. The van der Waals surface area contributed by atoms with Crippen LogP contribution in [0.3, 0.4) is 0 Å². The van der Waals surface area contributed by atoms with Gasteiger partial charge in [-0.1, -0.05) is 67.6 Å². The fourth-order valence-corrected chi connectivity index (χ4v) is 2.69. The van der Waals surface area contributed by atoms with Gasteiger partial charge in [-0.25, -0.2) is 0 Å². The van der Waals surface area contributed by atoms with Crippen molar-refractivity contribution in [3.8, 4) is 0 Å². The van der Waals surface area contributed by atoms with Crippen LogP contribution in [0.4, 0.5) is 0 Å². The van der Waals surface area contributed by atoms with E-state index in [9.17, 15) is 0 Å². The lowest BCUT2D eigenvalue weighted by Gasteiger charge is -2.34. The van der Waals surface area contributed by atoms with E-state index in [1.165, 1.54) is 11.1 Å². The normalized spacial score (nSPS) is 15.9. The second kappa shape index (κ2) is 5.36. The van der Waals surface area contributed by atoms with Crippen molar-refractivity contribution in [3.63, 3.8) is 0 Å². The van der Waals surface area contributed by atoms with Crippen molar-refractivity contribution in [3.05, 3.63) is 71.8 Å². The fourth-order valence-electron chi connectivity index (χ4n) is 2.69. The molecule has 0 radical (unpaired) electrons.